The van der Waals surface area contributed by atoms with Crippen LogP contribution in [0.1, 0.15) is 20.8 Å². The molecule has 0 amide bonds. The Hall–Kier alpha value is 0.833. The molecule has 0 aliphatic carbocycles. The van der Waals surface area contributed by atoms with Gasteiger partial charge in [0.2, 0.25) is 0 Å². The van der Waals surface area contributed by atoms with Crippen molar-refractivity contribution >= 4 is 14.3 Å². The molecule has 50 valence electrons. The summed E-state index contributed by atoms with van der Waals surface area (Å²) in [5.41, 5.74) is 0. The molecule has 0 saturated carbocycles. The van der Waals surface area contributed by atoms with Crippen LogP contribution in [0.25, 0.3) is 0 Å². The molecule has 0 aliphatic heterocycles. The van der Waals surface area contributed by atoms with Gasteiger partial charge in [-0.15, -0.1) is 0 Å². The van der Waals surface area contributed by atoms with Gasteiger partial charge in [-0.2, -0.15) is 0 Å². The van der Waals surface area contributed by atoms with Crippen molar-refractivity contribution in [1.29, 1.82) is 0 Å². The Balaban J connectivity index is 0. The minimum atomic E-state index is -0.590. The Morgan fingerprint density at radius 1 is 1.00 bits per heavy atom. The predicted molar refractivity (Wildman–Crippen MR) is 37.2 cm³/mol. The average Bonchev–Trinajstić information content (AvgIpc) is 1.31. The van der Waals surface area contributed by atoms with E-state index < -0.39 is 14.3 Å². The Morgan fingerprint density at radius 3 is 1.12 bits per heavy atom. The minimum Gasteiger partial charge on any atom is -1.00 e. The molecular weight excluding hydrogens is 180 g/mol. The Bertz CT molecular complexity index is 54.0. The maximum Gasteiger partial charge on any atom is -1.00 e. The summed E-state index contributed by atoms with van der Waals surface area (Å²) in [6.45, 7) is 7.01. The first kappa shape index (κ1) is 11.6. The largest absolute Gasteiger partial charge is 1.00 e. The van der Waals surface area contributed by atoms with E-state index in [2.05, 4.69) is 32.3 Å². The van der Waals surface area contributed by atoms with Gasteiger partial charge in [0.1, 0.15) is 0 Å². The number of hydrogen-bond donors (Lipinski definition) is 0. The van der Waals surface area contributed by atoms with Crippen molar-refractivity contribution in [3.05, 3.63) is 0 Å². The third kappa shape index (κ3) is 4.98. The molecule has 0 radical (unpaired) electrons. The molecule has 0 aliphatic rings. The quantitative estimate of drug-likeness (QED) is 0.459. The summed E-state index contributed by atoms with van der Waals surface area (Å²) in [5.74, 6) is 4.83. The van der Waals surface area contributed by atoms with E-state index in [1.165, 1.54) is 0 Å². The summed E-state index contributed by atoms with van der Waals surface area (Å²) in [4.78, 5) is 0. The molecule has 0 saturated heterocycles. The molecule has 0 unspecified atom stereocenters. The monoisotopic (exact) mass is 196 g/mol. The van der Waals surface area contributed by atoms with Crippen molar-refractivity contribution < 1.29 is 12.4 Å². The first-order chi connectivity index (χ1) is 2.94. The Kier molecular flexibility index (Phi) is 5.49. The number of rotatable bonds is 0. The van der Waals surface area contributed by atoms with E-state index in [1.54, 1.807) is 0 Å². The van der Waals surface area contributed by atoms with Crippen molar-refractivity contribution in [3.63, 3.8) is 0 Å². The summed E-state index contributed by atoms with van der Waals surface area (Å²) in [7, 11) is 0. The van der Waals surface area contributed by atoms with Crippen molar-refractivity contribution in [2.75, 3.05) is 0 Å². The number of hydrogen-bond acceptors (Lipinski definition) is 0. The SMILES string of the molecule is [CH3][Ge+]([CH3])[C](C)(C)C.[Cl-]. The summed E-state index contributed by atoms with van der Waals surface area (Å²) < 4.78 is 0.667. The minimum absolute atomic E-state index is 0. The molecule has 0 aromatic heterocycles. The van der Waals surface area contributed by atoms with E-state index >= 15 is 0 Å². The van der Waals surface area contributed by atoms with Gasteiger partial charge in [-0.25, -0.2) is 0 Å². The Labute approximate surface area is 63.6 Å². The molecule has 0 aromatic carbocycles. The molecule has 8 heavy (non-hydrogen) atoms. The molecule has 0 heterocycles. The molecule has 0 spiro atoms. The third-order valence-electron chi connectivity index (χ3n) is 1.50. The van der Waals surface area contributed by atoms with Crippen LogP contribution in [-0.2, 0) is 0 Å². The maximum atomic E-state index is 2.42. The van der Waals surface area contributed by atoms with Crippen molar-refractivity contribution in [3.8, 4) is 0 Å². The fourth-order valence-electron chi connectivity index (χ4n) is 0. The second kappa shape index (κ2) is 3.78. The van der Waals surface area contributed by atoms with Crippen LogP contribution in [0.15, 0.2) is 0 Å². The van der Waals surface area contributed by atoms with Gasteiger partial charge >= 0.3 is 50.9 Å². The van der Waals surface area contributed by atoms with Crippen molar-refractivity contribution in [2.45, 2.75) is 36.5 Å². The van der Waals surface area contributed by atoms with Crippen LogP contribution in [-0.4, -0.2) is 14.3 Å². The average molecular weight is 195 g/mol. The van der Waals surface area contributed by atoms with Crippen LogP contribution >= 0.6 is 0 Å². The van der Waals surface area contributed by atoms with Gasteiger partial charge in [0.05, 0.1) is 0 Å². The smallest absolute Gasteiger partial charge is 1.00 e. The molecule has 0 fully saturated rings. The van der Waals surface area contributed by atoms with E-state index in [0.717, 1.165) is 0 Å². The van der Waals surface area contributed by atoms with Gasteiger partial charge in [-0.3, -0.25) is 0 Å². The van der Waals surface area contributed by atoms with Gasteiger partial charge in [0, 0.05) is 0 Å². The summed E-state index contributed by atoms with van der Waals surface area (Å²) in [6.07, 6.45) is 0. The topological polar surface area (TPSA) is 0 Å². The van der Waals surface area contributed by atoms with E-state index in [0.29, 0.717) is 4.25 Å². The normalized spacial score (nSPS) is 10.1. The Morgan fingerprint density at radius 2 is 1.12 bits per heavy atom. The fourth-order valence-corrected chi connectivity index (χ4v) is 0. The molecule has 0 N–H and O–H groups in total. The number of halogens is 1. The van der Waals surface area contributed by atoms with Gasteiger partial charge in [0.15, 0.2) is 0 Å². The summed E-state index contributed by atoms with van der Waals surface area (Å²) in [5, 5.41) is 0. The predicted octanol–water partition coefficient (Wildman–Crippen LogP) is -0.455. The van der Waals surface area contributed by atoms with E-state index in [4.69, 9.17) is 0 Å². The van der Waals surface area contributed by atoms with E-state index in [1.807, 2.05) is 0 Å². The summed E-state index contributed by atoms with van der Waals surface area (Å²) >= 11 is -0.590. The summed E-state index contributed by atoms with van der Waals surface area (Å²) in [6, 6.07) is 0. The first-order valence-electron chi connectivity index (χ1n) is 2.75. The first-order valence-corrected chi connectivity index (χ1v) is 8.00. The molecule has 0 bridgehead atoms. The van der Waals surface area contributed by atoms with E-state index in [9.17, 15) is 0 Å². The van der Waals surface area contributed by atoms with Crippen LogP contribution < -0.4 is 12.4 Å². The third-order valence-corrected chi connectivity index (χ3v) is 7.79. The maximum absolute atomic E-state index is 2.42. The van der Waals surface area contributed by atoms with Crippen LogP contribution in [0, 0.1) is 0 Å². The van der Waals surface area contributed by atoms with Crippen LogP contribution in [0.4, 0.5) is 0 Å². The fraction of sp³-hybridized carbons (Fsp3) is 1.00. The molecule has 0 atom stereocenters. The molecule has 2 heteroatoms. The van der Waals surface area contributed by atoms with Crippen molar-refractivity contribution in [1.82, 2.24) is 0 Å². The molecule has 0 rings (SSSR count). The van der Waals surface area contributed by atoms with Gasteiger partial charge in [0.25, 0.3) is 0 Å². The zero-order chi connectivity index (χ0) is 6.08. The van der Waals surface area contributed by atoms with Crippen molar-refractivity contribution in [2.24, 2.45) is 0 Å². The van der Waals surface area contributed by atoms with E-state index in [-0.39, 0.29) is 12.4 Å². The zero-order valence-corrected chi connectivity index (χ0v) is 9.23. The second-order valence-electron chi connectivity index (χ2n) is 3.25. The molecule has 0 nitrogen and oxygen atoms in total. The van der Waals surface area contributed by atoms with Crippen LogP contribution in [0.5, 0.6) is 0 Å². The van der Waals surface area contributed by atoms with Crippen LogP contribution in [0.3, 0.4) is 0 Å². The standard InChI is InChI=1S/C6H15Ge.ClH/c1-6(2,3)7(4)5;/h1-5H3;1H/q+1;/p-1. The molecular formula is C6H15ClGe. The van der Waals surface area contributed by atoms with Gasteiger partial charge in [-0.05, 0) is 0 Å². The zero-order valence-electron chi connectivity index (χ0n) is 6.38. The van der Waals surface area contributed by atoms with Gasteiger partial charge < -0.3 is 12.4 Å². The van der Waals surface area contributed by atoms with Crippen LogP contribution in [0.2, 0.25) is 15.8 Å². The molecule has 0 aromatic rings. The van der Waals surface area contributed by atoms with Gasteiger partial charge in [-0.1, -0.05) is 0 Å². The second-order valence-corrected chi connectivity index (χ2v) is 10.6.